The van der Waals surface area contributed by atoms with Crippen LogP contribution in [0.25, 0.3) is 0 Å². The summed E-state index contributed by atoms with van der Waals surface area (Å²) < 4.78 is 40.0. The van der Waals surface area contributed by atoms with Crippen LogP contribution in [0.2, 0.25) is 0 Å². The van der Waals surface area contributed by atoms with Gasteiger partial charge in [0.15, 0.2) is 0 Å². The molecule has 1 atom stereocenters. The minimum absolute atomic E-state index is 0.203. The molecule has 0 unspecified atom stereocenters. The molecule has 0 radical (unpaired) electrons. The van der Waals surface area contributed by atoms with Crippen LogP contribution in [-0.2, 0) is 9.59 Å². The summed E-state index contributed by atoms with van der Waals surface area (Å²) in [5, 5.41) is 0. The molecule has 0 aromatic heterocycles. The number of carbonyl (C=O) groups is 2. The third-order valence-electron chi connectivity index (χ3n) is 2.86. The first-order valence-corrected chi connectivity index (χ1v) is 6.25. The number of benzene rings is 1. The van der Waals surface area contributed by atoms with E-state index in [9.17, 15) is 22.8 Å². The van der Waals surface area contributed by atoms with Gasteiger partial charge in [-0.3, -0.25) is 14.5 Å². The minimum Gasteiger partial charge on any atom is -0.406 e. The van der Waals surface area contributed by atoms with Gasteiger partial charge in [-0.2, -0.15) is 0 Å². The van der Waals surface area contributed by atoms with Crippen molar-refractivity contribution in [1.29, 1.82) is 0 Å². The van der Waals surface area contributed by atoms with E-state index < -0.39 is 24.2 Å². The molecule has 0 spiro atoms. The maximum Gasteiger partial charge on any atom is 0.573 e. The fourth-order valence-electron chi connectivity index (χ4n) is 1.89. The monoisotopic (exact) mass is 319 g/mol. The zero-order chi connectivity index (χ0) is 16.9. The highest BCUT2D eigenvalue weighted by molar-refractivity contribution is 5.79. The van der Waals surface area contributed by atoms with Crippen LogP contribution in [0.3, 0.4) is 0 Å². The van der Waals surface area contributed by atoms with E-state index in [1.165, 1.54) is 17.0 Å². The Morgan fingerprint density at radius 1 is 1.14 bits per heavy atom. The maximum atomic E-state index is 12.1. The number of hydrogen-bond donors (Lipinski definition) is 2. The number of hydrogen-bond acceptors (Lipinski definition) is 4. The zero-order valence-corrected chi connectivity index (χ0v) is 11.8. The van der Waals surface area contributed by atoms with Gasteiger partial charge >= 0.3 is 6.36 Å². The van der Waals surface area contributed by atoms with Crippen molar-refractivity contribution < 1.29 is 27.5 Å². The lowest BCUT2D eigenvalue weighted by atomic mass is 10.1. The molecule has 0 fully saturated rings. The number of amides is 2. The molecule has 1 aromatic rings. The lowest BCUT2D eigenvalue weighted by molar-refractivity contribution is -0.274. The van der Waals surface area contributed by atoms with Crippen LogP contribution >= 0.6 is 0 Å². The summed E-state index contributed by atoms with van der Waals surface area (Å²) in [6.45, 7) is 1.27. The molecule has 6 nitrogen and oxygen atoms in total. The van der Waals surface area contributed by atoms with Gasteiger partial charge in [-0.15, -0.1) is 13.2 Å². The third kappa shape index (κ3) is 6.00. The van der Waals surface area contributed by atoms with E-state index in [4.69, 9.17) is 11.5 Å². The summed E-state index contributed by atoms with van der Waals surface area (Å²) in [7, 11) is 0. The van der Waals surface area contributed by atoms with Gasteiger partial charge in [0.25, 0.3) is 0 Å². The van der Waals surface area contributed by atoms with Gasteiger partial charge in [-0.25, -0.2) is 0 Å². The molecule has 4 N–H and O–H groups in total. The summed E-state index contributed by atoms with van der Waals surface area (Å²) >= 11 is 0. The molecule has 1 aromatic carbocycles. The van der Waals surface area contributed by atoms with E-state index in [-0.39, 0.29) is 18.8 Å². The van der Waals surface area contributed by atoms with Crippen LogP contribution in [0.5, 0.6) is 5.75 Å². The number of nitrogens with two attached hydrogens (primary N) is 2. The molecule has 0 bridgehead atoms. The Labute approximate surface area is 124 Å². The Kier molecular flexibility index (Phi) is 5.75. The predicted octanol–water partition coefficient (Wildman–Crippen LogP) is 0.919. The smallest absolute Gasteiger partial charge is 0.406 e. The number of carbonyl (C=O) groups excluding carboxylic acids is 2. The minimum atomic E-state index is -4.77. The summed E-state index contributed by atoms with van der Waals surface area (Å²) in [6, 6.07) is 4.65. The van der Waals surface area contributed by atoms with Gasteiger partial charge in [-0.05, 0) is 24.6 Å². The number of halogens is 3. The molecule has 0 saturated carbocycles. The van der Waals surface area contributed by atoms with Crippen LogP contribution in [0.15, 0.2) is 24.3 Å². The van der Waals surface area contributed by atoms with Gasteiger partial charge < -0.3 is 16.2 Å². The van der Waals surface area contributed by atoms with Crippen LogP contribution in [-0.4, -0.2) is 36.2 Å². The topological polar surface area (TPSA) is 98.7 Å². The lowest BCUT2D eigenvalue weighted by Gasteiger charge is -2.27. The molecule has 9 heteroatoms. The molecular formula is C13H16F3N3O3. The second-order valence-electron chi connectivity index (χ2n) is 4.63. The standard InChI is InChI=1S/C13H16F3N3O3/c1-8(19(6-11(17)20)7-12(18)21)9-2-4-10(5-3-9)22-13(14,15)16/h2-5,8H,6-7H2,1H3,(H2,17,20)(H2,18,21)/t8-/m1/s1. The zero-order valence-electron chi connectivity index (χ0n) is 11.8. The van der Waals surface area contributed by atoms with Crippen molar-refractivity contribution in [3.8, 4) is 5.75 Å². The SMILES string of the molecule is C[C@H](c1ccc(OC(F)(F)F)cc1)N(CC(N)=O)CC(N)=O. The van der Waals surface area contributed by atoms with E-state index in [1.807, 2.05) is 0 Å². The molecular weight excluding hydrogens is 303 g/mol. The maximum absolute atomic E-state index is 12.1. The van der Waals surface area contributed by atoms with Crippen molar-refractivity contribution >= 4 is 11.8 Å². The number of rotatable bonds is 7. The summed E-state index contributed by atoms with van der Waals surface area (Å²) in [5.41, 5.74) is 10.8. The Hall–Kier alpha value is -2.29. The lowest BCUT2D eigenvalue weighted by Crippen LogP contribution is -2.41. The van der Waals surface area contributed by atoms with Gasteiger partial charge in [0.1, 0.15) is 5.75 Å². The number of alkyl halides is 3. The van der Waals surface area contributed by atoms with Crippen LogP contribution < -0.4 is 16.2 Å². The van der Waals surface area contributed by atoms with Crippen LogP contribution in [0.4, 0.5) is 13.2 Å². The van der Waals surface area contributed by atoms with E-state index >= 15 is 0 Å². The Morgan fingerprint density at radius 2 is 1.59 bits per heavy atom. The second-order valence-corrected chi connectivity index (χ2v) is 4.63. The Bertz CT molecular complexity index is 516. The normalized spacial score (nSPS) is 13.0. The Morgan fingerprint density at radius 3 is 1.95 bits per heavy atom. The van der Waals surface area contributed by atoms with Gasteiger partial charge in [0.2, 0.25) is 11.8 Å². The highest BCUT2D eigenvalue weighted by Crippen LogP contribution is 2.26. The largest absolute Gasteiger partial charge is 0.573 e. The van der Waals surface area contributed by atoms with Crippen molar-refractivity contribution in [3.63, 3.8) is 0 Å². The summed E-state index contributed by atoms with van der Waals surface area (Å²) in [4.78, 5) is 23.5. The van der Waals surface area contributed by atoms with Gasteiger partial charge in [0, 0.05) is 6.04 Å². The fourth-order valence-corrected chi connectivity index (χ4v) is 1.89. The molecule has 122 valence electrons. The second kappa shape index (κ2) is 7.12. The molecule has 2 amide bonds. The quantitative estimate of drug-likeness (QED) is 0.780. The van der Waals surface area contributed by atoms with Crippen molar-refractivity contribution in [2.24, 2.45) is 11.5 Å². The fraction of sp³-hybridized carbons (Fsp3) is 0.385. The summed E-state index contributed by atoms with van der Waals surface area (Å²) in [6.07, 6.45) is -4.77. The number of nitrogens with zero attached hydrogens (tertiary/aromatic N) is 1. The molecule has 0 saturated heterocycles. The van der Waals surface area contributed by atoms with Gasteiger partial charge in [0.05, 0.1) is 13.1 Å². The molecule has 22 heavy (non-hydrogen) atoms. The van der Waals surface area contributed by atoms with Crippen LogP contribution in [0.1, 0.15) is 18.5 Å². The first kappa shape index (κ1) is 17.8. The van der Waals surface area contributed by atoms with E-state index in [2.05, 4.69) is 4.74 Å². The van der Waals surface area contributed by atoms with E-state index in [1.54, 1.807) is 6.92 Å². The van der Waals surface area contributed by atoms with Crippen molar-refractivity contribution in [3.05, 3.63) is 29.8 Å². The van der Waals surface area contributed by atoms with Crippen molar-refractivity contribution in [2.45, 2.75) is 19.3 Å². The van der Waals surface area contributed by atoms with Crippen molar-refractivity contribution in [2.75, 3.05) is 13.1 Å². The molecule has 0 aliphatic carbocycles. The average molecular weight is 319 g/mol. The van der Waals surface area contributed by atoms with E-state index in [0.717, 1.165) is 12.1 Å². The molecule has 0 aliphatic heterocycles. The first-order chi connectivity index (χ1) is 10.1. The van der Waals surface area contributed by atoms with Crippen LogP contribution in [0, 0.1) is 0 Å². The highest BCUT2D eigenvalue weighted by Gasteiger charge is 2.31. The van der Waals surface area contributed by atoms with Crippen molar-refractivity contribution in [1.82, 2.24) is 4.90 Å². The van der Waals surface area contributed by atoms with Gasteiger partial charge in [-0.1, -0.05) is 12.1 Å². The highest BCUT2D eigenvalue weighted by atomic mass is 19.4. The first-order valence-electron chi connectivity index (χ1n) is 6.25. The Balaban J connectivity index is 2.87. The predicted molar refractivity (Wildman–Crippen MR) is 71.5 cm³/mol. The molecule has 0 aliphatic rings. The molecule has 0 heterocycles. The number of primary amides is 2. The average Bonchev–Trinajstić information content (AvgIpc) is 2.35. The molecule has 1 rings (SSSR count). The summed E-state index contributed by atoms with van der Waals surface area (Å²) in [5.74, 6) is -1.66. The van der Waals surface area contributed by atoms with E-state index in [0.29, 0.717) is 5.56 Å². The third-order valence-corrected chi connectivity index (χ3v) is 2.86. The number of ether oxygens (including phenoxy) is 1.